The van der Waals surface area contributed by atoms with Crippen molar-refractivity contribution in [3.63, 3.8) is 0 Å². The molecule has 0 aromatic carbocycles. The van der Waals surface area contributed by atoms with Gasteiger partial charge in [-0.05, 0) is 19.1 Å². The van der Waals surface area contributed by atoms with Gasteiger partial charge < -0.3 is 20.2 Å². The van der Waals surface area contributed by atoms with E-state index in [0.29, 0.717) is 0 Å². The monoisotopic (exact) mass is 236 g/mol. The molecule has 0 aliphatic heterocycles. The number of urea groups is 1. The van der Waals surface area contributed by atoms with Gasteiger partial charge in [-0.25, -0.2) is 9.59 Å². The highest BCUT2D eigenvalue weighted by molar-refractivity contribution is 5.86. The maximum Gasteiger partial charge on any atom is 0.337 e. The van der Waals surface area contributed by atoms with Gasteiger partial charge in [-0.15, -0.1) is 6.42 Å². The lowest BCUT2D eigenvalue weighted by Gasteiger charge is -2.23. The van der Waals surface area contributed by atoms with E-state index in [1.54, 1.807) is 0 Å². The first kappa shape index (κ1) is 12.6. The number of carboxylic acid groups (broad SMARTS) is 1. The van der Waals surface area contributed by atoms with E-state index in [4.69, 9.17) is 15.9 Å². The van der Waals surface area contributed by atoms with Crippen LogP contribution in [0.4, 0.5) is 4.79 Å². The lowest BCUT2D eigenvalue weighted by molar-refractivity contribution is -0.144. The summed E-state index contributed by atoms with van der Waals surface area (Å²) in [7, 11) is 0. The van der Waals surface area contributed by atoms with Crippen LogP contribution in [0.2, 0.25) is 0 Å². The lowest BCUT2D eigenvalue weighted by atomic mass is 9.99. The average Bonchev–Trinajstić information content (AvgIpc) is 2.79. The Hall–Kier alpha value is -2.42. The molecule has 0 fully saturated rings. The van der Waals surface area contributed by atoms with Gasteiger partial charge in [0.15, 0.2) is 5.54 Å². The van der Waals surface area contributed by atoms with Crippen LogP contribution in [0.25, 0.3) is 0 Å². The summed E-state index contributed by atoms with van der Waals surface area (Å²) in [5.41, 5.74) is -1.64. The molecule has 6 nitrogen and oxygen atoms in total. The molecule has 1 aromatic rings. The van der Waals surface area contributed by atoms with Crippen LogP contribution >= 0.6 is 0 Å². The second-order valence-corrected chi connectivity index (χ2v) is 3.42. The van der Waals surface area contributed by atoms with Crippen LogP contribution in [0.3, 0.4) is 0 Å². The highest BCUT2D eigenvalue weighted by Crippen LogP contribution is 2.21. The molecule has 0 saturated heterocycles. The normalized spacial score (nSPS) is 13.2. The number of carboxylic acids is 1. The van der Waals surface area contributed by atoms with Crippen molar-refractivity contribution in [3.05, 3.63) is 24.2 Å². The molecule has 90 valence electrons. The Morgan fingerprint density at radius 3 is 2.82 bits per heavy atom. The van der Waals surface area contributed by atoms with Crippen LogP contribution in [0.1, 0.15) is 12.7 Å². The zero-order chi connectivity index (χ0) is 12.9. The summed E-state index contributed by atoms with van der Waals surface area (Å²) < 4.78 is 5.00. The standard InChI is InChI=1S/C11H12N2O4/c1-3-6-12-10(16)13-11(2,9(14)15)8-5-4-7-17-8/h1,4-5,7H,6H2,2H3,(H,14,15)(H2,12,13,16). The third-order valence-electron chi connectivity index (χ3n) is 2.16. The van der Waals surface area contributed by atoms with Gasteiger partial charge in [0.2, 0.25) is 0 Å². The number of amides is 2. The van der Waals surface area contributed by atoms with Gasteiger partial charge in [0.25, 0.3) is 0 Å². The van der Waals surface area contributed by atoms with Gasteiger partial charge >= 0.3 is 12.0 Å². The first-order chi connectivity index (χ1) is 8.00. The lowest BCUT2D eigenvalue weighted by Crippen LogP contribution is -2.52. The molecule has 6 heteroatoms. The molecular formula is C11H12N2O4. The molecule has 1 aromatic heterocycles. The quantitative estimate of drug-likeness (QED) is 0.664. The molecule has 0 saturated carbocycles. The first-order valence-corrected chi connectivity index (χ1v) is 4.77. The van der Waals surface area contributed by atoms with Crippen LogP contribution in [-0.2, 0) is 10.3 Å². The molecule has 0 aliphatic carbocycles. The number of hydrogen-bond donors (Lipinski definition) is 3. The van der Waals surface area contributed by atoms with E-state index in [9.17, 15) is 9.59 Å². The molecular weight excluding hydrogens is 224 g/mol. The van der Waals surface area contributed by atoms with Gasteiger partial charge in [0, 0.05) is 0 Å². The number of terminal acetylenes is 1. The van der Waals surface area contributed by atoms with Crippen molar-refractivity contribution in [2.75, 3.05) is 6.54 Å². The zero-order valence-electron chi connectivity index (χ0n) is 9.19. The molecule has 0 radical (unpaired) electrons. The fraction of sp³-hybridized carbons (Fsp3) is 0.273. The van der Waals surface area contributed by atoms with Crippen molar-refractivity contribution in [2.45, 2.75) is 12.5 Å². The van der Waals surface area contributed by atoms with E-state index in [2.05, 4.69) is 16.6 Å². The van der Waals surface area contributed by atoms with E-state index >= 15 is 0 Å². The largest absolute Gasteiger partial charge is 0.479 e. The summed E-state index contributed by atoms with van der Waals surface area (Å²) in [6.45, 7) is 1.34. The summed E-state index contributed by atoms with van der Waals surface area (Å²) in [6, 6.07) is 2.33. The smallest absolute Gasteiger partial charge is 0.337 e. The van der Waals surface area contributed by atoms with Crippen LogP contribution in [-0.4, -0.2) is 23.7 Å². The number of hydrogen-bond acceptors (Lipinski definition) is 3. The fourth-order valence-corrected chi connectivity index (χ4v) is 1.19. The Morgan fingerprint density at radius 1 is 1.65 bits per heavy atom. The SMILES string of the molecule is C#CCNC(=O)NC(C)(C(=O)O)c1ccco1. The van der Waals surface area contributed by atoms with E-state index in [-0.39, 0.29) is 12.3 Å². The number of furan rings is 1. The van der Waals surface area contributed by atoms with Crippen molar-refractivity contribution in [2.24, 2.45) is 0 Å². The van der Waals surface area contributed by atoms with Crippen LogP contribution < -0.4 is 10.6 Å². The van der Waals surface area contributed by atoms with Crippen LogP contribution in [0, 0.1) is 12.3 Å². The number of nitrogens with one attached hydrogen (secondary N) is 2. The molecule has 1 heterocycles. The van der Waals surface area contributed by atoms with E-state index < -0.39 is 17.5 Å². The number of carbonyl (C=O) groups excluding carboxylic acids is 1. The Labute approximate surface area is 98.0 Å². The van der Waals surface area contributed by atoms with Gasteiger partial charge in [-0.3, -0.25) is 0 Å². The molecule has 0 bridgehead atoms. The summed E-state index contributed by atoms with van der Waals surface area (Å²) in [4.78, 5) is 22.6. The summed E-state index contributed by atoms with van der Waals surface area (Å²) in [5, 5.41) is 13.7. The van der Waals surface area contributed by atoms with E-state index in [0.717, 1.165) is 0 Å². The maximum absolute atomic E-state index is 11.4. The minimum Gasteiger partial charge on any atom is -0.479 e. The number of aliphatic carboxylic acids is 1. The average molecular weight is 236 g/mol. The third kappa shape index (κ3) is 2.78. The van der Waals surface area contributed by atoms with Gasteiger partial charge in [0.1, 0.15) is 5.76 Å². The molecule has 2 amide bonds. The van der Waals surface area contributed by atoms with Crippen molar-refractivity contribution in [3.8, 4) is 12.3 Å². The van der Waals surface area contributed by atoms with Gasteiger partial charge in [-0.1, -0.05) is 5.92 Å². The number of carbonyl (C=O) groups is 2. The van der Waals surface area contributed by atoms with E-state index in [1.165, 1.54) is 25.3 Å². The van der Waals surface area contributed by atoms with E-state index in [1.807, 2.05) is 0 Å². The van der Waals surface area contributed by atoms with Crippen molar-refractivity contribution >= 4 is 12.0 Å². The molecule has 17 heavy (non-hydrogen) atoms. The number of rotatable bonds is 4. The molecule has 1 unspecified atom stereocenters. The second-order valence-electron chi connectivity index (χ2n) is 3.42. The minimum absolute atomic E-state index is 0.0136. The summed E-state index contributed by atoms with van der Waals surface area (Å²) >= 11 is 0. The molecule has 3 N–H and O–H groups in total. The third-order valence-corrected chi connectivity index (χ3v) is 2.16. The highest BCUT2D eigenvalue weighted by atomic mass is 16.4. The first-order valence-electron chi connectivity index (χ1n) is 4.77. The summed E-state index contributed by atoms with van der Waals surface area (Å²) in [5.74, 6) is 1.10. The predicted octanol–water partition coefficient (Wildman–Crippen LogP) is 0.512. The molecule has 1 rings (SSSR count). The van der Waals surface area contributed by atoms with Crippen molar-refractivity contribution in [1.82, 2.24) is 10.6 Å². The predicted molar refractivity (Wildman–Crippen MR) is 59.1 cm³/mol. The fourth-order valence-electron chi connectivity index (χ4n) is 1.19. The van der Waals surface area contributed by atoms with Crippen molar-refractivity contribution < 1.29 is 19.1 Å². The highest BCUT2D eigenvalue weighted by Gasteiger charge is 2.39. The molecule has 1 atom stereocenters. The van der Waals surface area contributed by atoms with Crippen LogP contribution in [0.5, 0.6) is 0 Å². The molecule has 0 spiro atoms. The Morgan fingerprint density at radius 2 is 2.35 bits per heavy atom. The van der Waals surface area contributed by atoms with Gasteiger partial charge in [-0.2, -0.15) is 0 Å². The van der Waals surface area contributed by atoms with Crippen molar-refractivity contribution in [1.29, 1.82) is 0 Å². The minimum atomic E-state index is -1.64. The molecule has 0 aliphatic rings. The second kappa shape index (κ2) is 5.07. The Kier molecular flexibility index (Phi) is 3.78. The Balaban J connectivity index is 2.84. The topological polar surface area (TPSA) is 91.6 Å². The zero-order valence-corrected chi connectivity index (χ0v) is 9.19. The van der Waals surface area contributed by atoms with Crippen LogP contribution in [0.15, 0.2) is 22.8 Å². The Bertz CT molecular complexity index is 447. The maximum atomic E-state index is 11.4. The summed E-state index contributed by atoms with van der Waals surface area (Å²) in [6.07, 6.45) is 6.30. The van der Waals surface area contributed by atoms with Gasteiger partial charge in [0.05, 0.1) is 12.8 Å².